The Morgan fingerprint density at radius 2 is 1.88 bits per heavy atom. The number of aromatic nitrogens is 6. The highest BCUT2D eigenvalue weighted by Gasteiger charge is 2.10. The summed E-state index contributed by atoms with van der Waals surface area (Å²) < 4.78 is 3.74. The molecule has 0 aliphatic heterocycles. The quantitative estimate of drug-likeness (QED) is 0.716. The summed E-state index contributed by atoms with van der Waals surface area (Å²) in [5.74, 6) is 0.501. The molecule has 1 aromatic carbocycles. The largest absolute Gasteiger partial charge is 0.310 e. The summed E-state index contributed by atoms with van der Waals surface area (Å²) in [5.41, 5.74) is 4.50. The van der Waals surface area contributed by atoms with E-state index >= 15 is 0 Å². The van der Waals surface area contributed by atoms with E-state index in [-0.39, 0.29) is 6.04 Å². The second-order valence-corrected chi connectivity index (χ2v) is 6.69. The molecule has 0 spiro atoms. The van der Waals surface area contributed by atoms with Crippen molar-refractivity contribution in [2.45, 2.75) is 40.3 Å². The lowest BCUT2D eigenvalue weighted by Gasteiger charge is -2.19. The van der Waals surface area contributed by atoms with E-state index < -0.39 is 0 Å². The number of rotatable bonds is 7. The number of nitrogens with zero attached hydrogens (tertiary/aromatic N) is 6. The third-order valence-corrected chi connectivity index (χ3v) is 4.37. The fourth-order valence-corrected chi connectivity index (χ4v) is 2.91. The Bertz CT molecular complexity index is 789. The molecule has 0 amide bonds. The minimum absolute atomic E-state index is 0.283. The molecule has 0 radical (unpaired) electrons. The van der Waals surface area contributed by atoms with Crippen LogP contribution in [0.3, 0.4) is 0 Å². The SMILES string of the molecule is Cc1cc(C)n(C[C@H](C)CN[C@H](C)c2ccc(-n3cnnn3)cc2)n1. The minimum atomic E-state index is 0.283. The maximum atomic E-state index is 4.54. The van der Waals surface area contributed by atoms with Crippen LogP contribution in [-0.2, 0) is 6.54 Å². The molecule has 7 nitrogen and oxygen atoms in total. The smallest absolute Gasteiger partial charge is 0.143 e. The first-order chi connectivity index (χ1) is 12.0. The predicted octanol–water partition coefficient (Wildman–Crippen LogP) is 2.46. The summed E-state index contributed by atoms with van der Waals surface area (Å²) in [6, 6.07) is 10.7. The molecule has 132 valence electrons. The third kappa shape index (κ3) is 4.30. The summed E-state index contributed by atoms with van der Waals surface area (Å²) in [6.45, 7) is 10.4. The zero-order valence-corrected chi connectivity index (χ0v) is 15.2. The first-order valence-electron chi connectivity index (χ1n) is 8.60. The van der Waals surface area contributed by atoms with Crippen molar-refractivity contribution in [2.24, 2.45) is 5.92 Å². The summed E-state index contributed by atoms with van der Waals surface area (Å²) in [4.78, 5) is 0. The molecule has 1 N–H and O–H groups in total. The van der Waals surface area contributed by atoms with Gasteiger partial charge in [-0.05, 0) is 60.9 Å². The van der Waals surface area contributed by atoms with Gasteiger partial charge in [0.2, 0.25) is 0 Å². The van der Waals surface area contributed by atoms with Crippen molar-refractivity contribution in [3.63, 3.8) is 0 Å². The van der Waals surface area contributed by atoms with Gasteiger partial charge in [-0.2, -0.15) is 5.10 Å². The van der Waals surface area contributed by atoms with Crippen LogP contribution < -0.4 is 5.32 Å². The monoisotopic (exact) mass is 339 g/mol. The molecular formula is C18H25N7. The van der Waals surface area contributed by atoms with Gasteiger partial charge in [0.1, 0.15) is 6.33 Å². The van der Waals surface area contributed by atoms with E-state index in [1.807, 2.05) is 19.1 Å². The molecule has 2 atom stereocenters. The van der Waals surface area contributed by atoms with E-state index in [0.29, 0.717) is 5.92 Å². The number of aryl methyl sites for hydroxylation is 2. The van der Waals surface area contributed by atoms with Gasteiger partial charge in [0, 0.05) is 24.8 Å². The topological polar surface area (TPSA) is 73.5 Å². The van der Waals surface area contributed by atoms with E-state index in [1.165, 1.54) is 11.3 Å². The second kappa shape index (κ2) is 7.57. The second-order valence-electron chi connectivity index (χ2n) is 6.69. The minimum Gasteiger partial charge on any atom is -0.310 e. The van der Waals surface area contributed by atoms with Crippen molar-refractivity contribution in [3.8, 4) is 5.69 Å². The average Bonchev–Trinajstić information content (AvgIpc) is 3.23. The van der Waals surface area contributed by atoms with Gasteiger partial charge >= 0.3 is 0 Å². The zero-order chi connectivity index (χ0) is 17.8. The number of hydrogen-bond donors (Lipinski definition) is 1. The van der Waals surface area contributed by atoms with Crippen LogP contribution >= 0.6 is 0 Å². The van der Waals surface area contributed by atoms with E-state index in [1.54, 1.807) is 11.0 Å². The molecule has 0 fully saturated rings. The molecule has 0 unspecified atom stereocenters. The lowest BCUT2D eigenvalue weighted by Crippen LogP contribution is -2.27. The Kier molecular flexibility index (Phi) is 5.23. The molecule has 0 saturated heterocycles. The van der Waals surface area contributed by atoms with Gasteiger partial charge in [-0.25, -0.2) is 4.68 Å². The van der Waals surface area contributed by atoms with E-state index in [4.69, 9.17) is 0 Å². The Hall–Kier alpha value is -2.54. The van der Waals surface area contributed by atoms with Gasteiger partial charge in [0.25, 0.3) is 0 Å². The van der Waals surface area contributed by atoms with Crippen LogP contribution in [0.5, 0.6) is 0 Å². The van der Waals surface area contributed by atoms with Gasteiger partial charge in [0.05, 0.1) is 11.4 Å². The van der Waals surface area contributed by atoms with Crippen LogP contribution in [0, 0.1) is 19.8 Å². The Balaban J connectivity index is 1.53. The Morgan fingerprint density at radius 3 is 2.48 bits per heavy atom. The van der Waals surface area contributed by atoms with Crippen LogP contribution in [0.25, 0.3) is 5.69 Å². The maximum Gasteiger partial charge on any atom is 0.143 e. The third-order valence-electron chi connectivity index (χ3n) is 4.37. The van der Waals surface area contributed by atoms with Crippen LogP contribution in [0.2, 0.25) is 0 Å². The lowest BCUT2D eigenvalue weighted by molar-refractivity contribution is 0.398. The van der Waals surface area contributed by atoms with Crippen molar-refractivity contribution in [2.75, 3.05) is 6.54 Å². The van der Waals surface area contributed by atoms with Gasteiger partial charge in [-0.3, -0.25) is 4.68 Å². The van der Waals surface area contributed by atoms with Crippen molar-refractivity contribution in [1.82, 2.24) is 35.3 Å². The molecule has 0 saturated carbocycles. The fraction of sp³-hybridized carbons (Fsp3) is 0.444. The molecule has 3 rings (SSSR count). The summed E-state index contributed by atoms with van der Waals surface area (Å²) in [5, 5.41) is 19.4. The van der Waals surface area contributed by atoms with Gasteiger partial charge < -0.3 is 5.32 Å². The number of tetrazole rings is 1. The highest BCUT2D eigenvalue weighted by molar-refractivity contribution is 5.34. The van der Waals surface area contributed by atoms with Gasteiger partial charge in [-0.1, -0.05) is 19.1 Å². The highest BCUT2D eigenvalue weighted by Crippen LogP contribution is 2.15. The molecule has 0 bridgehead atoms. The lowest BCUT2D eigenvalue weighted by atomic mass is 10.1. The van der Waals surface area contributed by atoms with Crippen molar-refractivity contribution >= 4 is 0 Å². The van der Waals surface area contributed by atoms with Crippen LogP contribution in [0.1, 0.15) is 36.8 Å². The predicted molar refractivity (Wildman–Crippen MR) is 96.4 cm³/mol. The molecular weight excluding hydrogens is 314 g/mol. The molecule has 0 aliphatic carbocycles. The van der Waals surface area contributed by atoms with Crippen molar-refractivity contribution in [3.05, 3.63) is 53.6 Å². The summed E-state index contributed by atoms with van der Waals surface area (Å²) in [7, 11) is 0. The number of benzene rings is 1. The molecule has 2 heterocycles. The normalized spacial score (nSPS) is 13.8. The Labute approximate surface area is 148 Å². The molecule has 3 aromatic rings. The van der Waals surface area contributed by atoms with E-state index in [9.17, 15) is 0 Å². The fourth-order valence-electron chi connectivity index (χ4n) is 2.91. The summed E-state index contributed by atoms with van der Waals surface area (Å²) >= 11 is 0. The first kappa shape index (κ1) is 17.3. The first-order valence-corrected chi connectivity index (χ1v) is 8.60. The zero-order valence-electron chi connectivity index (χ0n) is 15.2. The maximum absolute atomic E-state index is 4.54. The van der Waals surface area contributed by atoms with E-state index in [2.05, 4.69) is 69.6 Å². The van der Waals surface area contributed by atoms with Crippen LogP contribution in [0.4, 0.5) is 0 Å². The molecule has 2 aromatic heterocycles. The average molecular weight is 339 g/mol. The molecule has 0 aliphatic rings. The van der Waals surface area contributed by atoms with E-state index in [0.717, 1.165) is 24.5 Å². The van der Waals surface area contributed by atoms with Gasteiger partial charge in [0.15, 0.2) is 0 Å². The van der Waals surface area contributed by atoms with Crippen molar-refractivity contribution in [1.29, 1.82) is 0 Å². The molecule has 7 heteroatoms. The number of nitrogens with one attached hydrogen (secondary N) is 1. The van der Waals surface area contributed by atoms with Crippen molar-refractivity contribution < 1.29 is 0 Å². The number of hydrogen-bond acceptors (Lipinski definition) is 5. The van der Waals surface area contributed by atoms with Gasteiger partial charge in [-0.15, -0.1) is 5.10 Å². The van der Waals surface area contributed by atoms with Crippen LogP contribution in [-0.4, -0.2) is 36.5 Å². The standard InChI is InChI=1S/C18H25N7/c1-13(11-24-15(3)9-14(2)21-24)10-19-16(4)17-5-7-18(8-6-17)25-12-20-22-23-25/h5-9,12-13,16,19H,10-11H2,1-4H3/t13-,16-/m1/s1. The molecule has 25 heavy (non-hydrogen) atoms. The Morgan fingerprint density at radius 1 is 1.12 bits per heavy atom. The summed E-state index contributed by atoms with van der Waals surface area (Å²) in [6.07, 6.45) is 1.59. The highest BCUT2D eigenvalue weighted by atomic mass is 15.5. The van der Waals surface area contributed by atoms with Crippen LogP contribution in [0.15, 0.2) is 36.7 Å².